The van der Waals surface area contributed by atoms with Crippen LogP contribution in [-0.4, -0.2) is 76.8 Å². The lowest BCUT2D eigenvalue weighted by atomic mass is 9.69. The van der Waals surface area contributed by atoms with Gasteiger partial charge in [0.2, 0.25) is 5.78 Å². The molecular formula is C40H44O11. The van der Waals surface area contributed by atoms with Crippen molar-refractivity contribution in [2.24, 2.45) is 5.92 Å². The van der Waals surface area contributed by atoms with Gasteiger partial charge in [-0.2, -0.15) is 0 Å². The van der Waals surface area contributed by atoms with Gasteiger partial charge in [-0.25, -0.2) is 0 Å². The monoisotopic (exact) mass is 700 g/mol. The first-order chi connectivity index (χ1) is 24.5. The van der Waals surface area contributed by atoms with E-state index in [-0.39, 0.29) is 59.4 Å². The van der Waals surface area contributed by atoms with Crippen LogP contribution in [0.2, 0.25) is 0 Å². The maximum absolute atomic E-state index is 13.9. The van der Waals surface area contributed by atoms with Crippen molar-refractivity contribution in [1.82, 2.24) is 0 Å². The number of phenolic OH excluding ortho intramolecular Hbond substituents is 2. The Morgan fingerprint density at radius 1 is 1.02 bits per heavy atom. The Bertz CT molecular complexity index is 1870. The molecule has 0 saturated carbocycles. The lowest BCUT2D eigenvalue weighted by molar-refractivity contribution is -0.209. The third kappa shape index (κ3) is 6.79. The van der Waals surface area contributed by atoms with E-state index in [9.17, 15) is 34.8 Å². The van der Waals surface area contributed by atoms with E-state index in [0.29, 0.717) is 19.4 Å². The van der Waals surface area contributed by atoms with Gasteiger partial charge in [-0.15, -0.1) is 0 Å². The molecule has 0 spiro atoms. The standard InChI is InChI=1S/C40H44O11/c1-4-23(25-11-6-5-10-22(25)2)15-16-30(42)50-21-24(20-41)40(47)18-27-33(29(19-40)51-31-14-7-8-17-49-31)39(46)35-34(37(27)44)36(43)26-12-9-13-28(48-3)32(26)38(35)45/h4-6,9-13,24,29,31,41,44,46-47H,7-8,14-21H2,1-3H3/b23-4-. The van der Waals surface area contributed by atoms with E-state index < -0.39 is 65.1 Å². The second-order valence-corrected chi connectivity index (χ2v) is 13.5. The molecule has 6 rings (SSSR count). The van der Waals surface area contributed by atoms with Crippen molar-refractivity contribution in [2.45, 2.75) is 76.8 Å². The fourth-order valence-electron chi connectivity index (χ4n) is 7.62. The van der Waals surface area contributed by atoms with Gasteiger partial charge in [0.05, 0.1) is 48.7 Å². The molecule has 11 nitrogen and oxygen atoms in total. The summed E-state index contributed by atoms with van der Waals surface area (Å²) < 4.78 is 23.1. The number of methoxy groups -OCH3 is 1. The Labute approximate surface area is 296 Å². The molecule has 3 aliphatic rings. The molecule has 270 valence electrons. The van der Waals surface area contributed by atoms with Crippen LogP contribution in [0.15, 0.2) is 48.5 Å². The summed E-state index contributed by atoms with van der Waals surface area (Å²) in [5, 5.41) is 46.4. The van der Waals surface area contributed by atoms with Gasteiger partial charge < -0.3 is 39.4 Å². The number of rotatable bonds is 11. The van der Waals surface area contributed by atoms with E-state index in [1.165, 1.54) is 19.2 Å². The van der Waals surface area contributed by atoms with Crippen molar-refractivity contribution < 1.29 is 53.8 Å². The number of aliphatic hydroxyl groups is 2. The molecule has 1 heterocycles. The largest absolute Gasteiger partial charge is 0.507 e. The molecule has 4 atom stereocenters. The third-order valence-electron chi connectivity index (χ3n) is 10.4. The molecule has 0 radical (unpaired) electrons. The van der Waals surface area contributed by atoms with Crippen LogP contribution in [-0.2, 0) is 25.4 Å². The highest BCUT2D eigenvalue weighted by atomic mass is 16.7. The molecule has 1 aliphatic heterocycles. The van der Waals surface area contributed by atoms with Crippen molar-refractivity contribution in [3.8, 4) is 17.2 Å². The van der Waals surface area contributed by atoms with Crippen LogP contribution in [0, 0.1) is 12.8 Å². The summed E-state index contributed by atoms with van der Waals surface area (Å²) in [6.45, 7) is 3.42. The zero-order valence-corrected chi connectivity index (χ0v) is 29.1. The van der Waals surface area contributed by atoms with Gasteiger partial charge in [-0.3, -0.25) is 14.4 Å². The first-order valence-corrected chi connectivity index (χ1v) is 17.4. The Kier molecular flexibility index (Phi) is 10.6. The minimum atomic E-state index is -1.84. The summed E-state index contributed by atoms with van der Waals surface area (Å²) in [5.41, 5.74) is 0.515. The number of phenols is 2. The maximum Gasteiger partial charge on any atom is 0.306 e. The number of hydrogen-bond donors (Lipinski definition) is 4. The number of allylic oxidation sites excluding steroid dienone is 2. The van der Waals surface area contributed by atoms with Gasteiger partial charge in [-0.05, 0) is 62.3 Å². The summed E-state index contributed by atoms with van der Waals surface area (Å²) >= 11 is 0. The molecule has 3 aromatic carbocycles. The van der Waals surface area contributed by atoms with Crippen molar-refractivity contribution in [2.75, 3.05) is 26.9 Å². The predicted molar refractivity (Wildman–Crippen MR) is 186 cm³/mol. The second-order valence-electron chi connectivity index (χ2n) is 13.5. The zero-order chi connectivity index (χ0) is 36.4. The fraction of sp³-hybridized carbons (Fsp3) is 0.425. The highest BCUT2D eigenvalue weighted by Crippen LogP contribution is 2.53. The summed E-state index contributed by atoms with van der Waals surface area (Å²) in [6.07, 6.45) is 2.25. The van der Waals surface area contributed by atoms with Gasteiger partial charge in [0.1, 0.15) is 17.2 Å². The summed E-state index contributed by atoms with van der Waals surface area (Å²) in [5.74, 6) is -3.94. The SMILES string of the molecule is C/C=C(/CCC(=O)OCC(CO)C1(O)Cc2c(O)c3c(c(O)c2C(OC2CCCCO2)C1)C(=O)c1c(OC)cccc1C3=O)c1ccccc1C. The number of fused-ring (bicyclic) bond motifs is 3. The lowest BCUT2D eigenvalue weighted by Crippen LogP contribution is -2.49. The van der Waals surface area contributed by atoms with Gasteiger partial charge in [-0.1, -0.05) is 42.5 Å². The Morgan fingerprint density at radius 2 is 1.78 bits per heavy atom. The average molecular weight is 701 g/mol. The minimum Gasteiger partial charge on any atom is -0.507 e. The molecule has 4 unspecified atom stereocenters. The highest BCUT2D eigenvalue weighted by molar-refractivity contribution is 6.31. The molecule has 2 aliphatic carbocycles. The molecule has 0 aromatic heterocycles. The lowest BCUT2D eigenvalue weighted by Gasteiger charge is -2.44. The van der Waals surface area contributed by atoms with Crippen LogP contribution in [0.1, 0.15) is 106 Å². The van der Waals surface area contributed by atoms with Crippen LogP contribution in [0.4, 0.5) is 0 Å². The number of ketones is 2. The highest BCUT2D eigenvalue weighted by Gasteiger charge is 2.50. The van der Waals surface area contributed by atoms with Gasteiger partial charge in [0.15, 0.2) is 12.1 Å². The third-order valence-corrected chi connectivity index (χ3v) is 10.4. The minimum absolute atomic E-state index is 0.000348. The normalized spacial score (nSPS) is 22.1. The number of esters is 1. The van der Waals surface area contributed by atoms with Crippen molar-refractivity contribution in [1.29, 1.82) is 0 Å². The Morgan fingerprint density at radius 3 is 2.47 bits per heavy atom. The van der Waals surface area contributed by atoms with Crippen LogP contribution in [0.5, 0.6) is 17.2 Å². The fourth-order valence-corrected chi connectivity index (χ4v) is 7.62. The second kappa shape index (κ2) is 15.0. The average Bonchev–Trinajstić information content (AvgIpc) is 3.13. The van der Waals surface area contributed by atoms with Crippen molar-refractivity contribution in [3.05, 3.63) is 93.0 Å². The van der Waals surface area contributed by atoms with Crippen LogP contribution in [0.25, 0.3) is 5.57 Å². The number of aryl methyl sites for hydroxylation is 1. The molecule has 0 bridgehead atoms. The van der Waals surface area contributed by atoms with Gasteiger partial charge in [0.25, 0.3) is 0 Å². The van der Waals surface area contributed by atoms with E-state index in [1.807, 2.05) is 44.2 Å². The van der Waals surface area contributed by atoms with E-state index in [2.05, 4.69) is 0 Å². The molecule has 1 saturated heterocycles. The summed E-state index contributed by atoms with van der Waals surface area (Å²) in [7, 11) is 1.36. The van der Waals surface area contributed by atoms with Crippen LogP contribution >= 0.6 is 0 Å². The zero-order valence-electron chi connectivity index (χ0n) is 29.1. The molecule has 11 heteroatoms. The van der Waals surface area contributed by atoms with Gasteiger partial charge >= 0.3 is 5.97 Å². The summed E-state index contributed by atoms with van der Waals surface area (Å²) in [4.78, 5) is 40.8. The van der Waals surface area contributed by atoms with Crippen LogP contribution < -0.4 is 4.74 Å². The molecular weight excluding hydrogens is 656 g/mol. The Balaban J connectivity index is 1.31. The predicted octanol–water partition coefficient (Wildman–Crippen LogP) is 5.49. The molecule has 3 aromatic rings. The first-order valence-electron chi connectivity index (χ1n) is 17.4. The number of benzene rings is 3. The number of carbonyl (C=O) groups is 3. The number of aliphatic hydroxyl groups excluding tert-OH is 1. The first kappa shape index (κ1) is 36.2. The van der Waals surface area contributed by atoms with E-state index in [0.717, 1.165) is 29.5 Å². The van der Waals surface area contributed by atoms with Crippen LogP contribution in [0.3, 0.4) is 0 Å². The molecule has 51 heavy (non-hydrogen) atoms. The quantitative estimate of drug-likeness (QED) is 0.115. The molecule has 4 N–H and O–H groups in total. The van der Waals surface area contributed by atoms with E-state index in [1.54, 1.807) is 6.07 Å². The van der Waals surface area contributed by atoms with Crippen molar-refractivity contribution in [3.63, 3.8) is 0 Å². The maximum atomic E-state index is 13.9. The van der Waals surface area contributed by atoms with E-state index in [4.69, 9.17) is 18.9 Å². The smallest absolute Gasteiger partial charge is 0.306 e. The molecule has 1 fully saturated rings. The van der Waals surface area contributed by atoms with Gasteiger partial charge in [0, 0.05) is 48.5 Å². The van der Waals surface area contributed by atoms with Crippen molar-refractivity contribution >= 4 is 23.1 Å². The number of carbonyl (C=O) groups excluding carboxylic acids is 3. The van der Waals surface area contributed by atoms with E-state index >= 15 is 0 Å². The number of hydrogen-bond acceptors (Lipinski definition) is 11. The number of aromatic hydroxyl groups is 2. The summed E-state index contributed by atoms with van der Waals surface area (Å²) in [6, 6.07) is 12.4. The Hall–Kier alpha value is -4.55. The number of ether oxygens (including phenoxy) is 4. The molecule has 0 amide bonds. The topological polar surface area (TPSA) is 169 Å².